The number of rotatable bonds is 3. The summed E-state index contributed by atoms with van der Waals surface area (Å²) in [7, 11) is 0. The minimum atomic E-state index is -0.974. The van der Waals surface area contributed by atoms with Crippen LogP contribution in [0.1, 0.15) is 5.56 Å². The van der Waals surface area contributed by atoms with E-state index in [0.29, 0.717) is 0 Å². The summed E-state index contributed by atoms with van der Waals surface area (Å²) in [6, 6.07) is 11.6. The van der Waals surface area contributed by atoms with Crippen LogP contribution in [0.3, 0.4) is 0 Å². The number of fused-ring (bicyclic) bond motifs is 1. The van der Waals surface area contributed by atoms with Crippen molar-refractivity contribution < 1.29 is 9.90 Å². The van der Waals surface area contributed by atoms with E-state index < -0.39 is 5.97 Å². The second kappa shape index (κ2) is 5.54. The number of nitrogens with zero attached hydrogens (tertiary/aromatic N) is 2. The van der Waals surface area contributed by atoms with Crippen molar-refractivity contribution in [2.45, 2.75) is 0 Å². The molecule has 21 heavy (non-hydrogen) atoms. The van der Waals surface area contributed by atoms with Gasteiger partial charge in [0.15, 0.2) is 0 Å². The molecule has 0 bridgehead atoms. The van der Waals surface area contributed by atoms with Gasteiger partial charge in [-0.25, -0.2) is 4.79 Å². The third kappa shape index (κ3) is 2.79. The van der Waals surface area contributed by atoms with E-state index in [9.17, 15) is 4.79 Å². The van der Waals surface area contributed by atoms with Crippen molar-refractivity contribution in [1.29, 1.82) is 0 Å². The number of hydrogen-bond donors (Lipinski definition) is 1. The maximum absolute atomic E-state index is 10.7. The monoisotopic (exact) mass is 276 g/mol. The van der Waals surface area contributed by atoms with Crippen LogP contribution in [-0.4, -0.2) is 21.0 Å². The van der Waals surface area contributed by atoms with Crippen LogP contribution in [0.25, 0.3) is 28.1 Å². The van der Waals surface area contributed by atoms with Crippen molar-refractivity contribution in [3.63, 3.8) is 0 Å². The Kier molecular flexibility index (Phi) is 3.43. The molecule has 0 aliphatic rings. The zero-order chi connectivity index (χ0) is 14.7. The van der Waals surface area contributed by atoms with Crippen molar-refractivity contribution in [1.82, 2.24) is 9.97 Å². The lowest BCUT2D eigenvalue weighted by Gasteiger charge is -2.06. The van der Waals surface area contributed by atoms with Crippen LogP contribution in [0.15, 0.2) is 61.1 Å². The minimum Gasteiger partial charge on any atom is -0.478 e. The van der Waals surface area contributed by atoms with E-state index in [1.54, 1.807) is 30.7 Å². The Morgan fingerprint density at radius 1 is 1.14 bits per heavy atom. The molecule has 2 heterocycles. The summed E-state index contributed by atoms with van der Waals surface area (Å²) in [6.07, 6.45) is 7.82. The van der Waals surface area contributed by atoms with Gasteiger partial charge in [-0.1, -0.05) is 18.2 Å². The average molecular weight is 276 g/mol. The molecule has 1 N–H and O–H groups in total. The molecule has 0 aliphatic carbocycles. The second-order valence-corrected chi connectivity index (χ2v) is 4.55. The molecule has 0 amide bonds. The number of carbonyl (C=O) groups is 1. The Morgan fingerprint density at radius 3 is 2.90 bits per heavy atom. The molecule has 0 aliphatic heterocycles. The molecule has 4 nitrogen and oxygen atoms in total. The highest BCUT2D eigenvalue weighted by atomic mass is 16.4. The van der Waals surface area contributed by atoms with E-state index in [1.807, 2.05) is 30.3 Å². The number of aromatic nitrogens is 2. The van der Waals surface area contributed by atoms with Gasteiger partial charge in [-0.2, -0.15) is 0 Å². The zero-order valence-electron chi connectivity index (χ0n) is 11.1. The third-order valence-electron chi connectivity index (χ3n) is 3.18. The van der Waals surface area contributed by atoms with Crippen LogP contribution >= 0.6 is 0 Å². The number of carboxylic acid groups (broad SMARTS) is 1. The summed E-state index contributed by atoms with van der Waals surface area (Å²) >= 11 is 0. The van der Waals surface area contributed by atoms with E-state index in [4.69, 9.17) is 5.11 Å². The SMILES string of the molecule is O=C(O)C=Cc1ccncc1-c1ccc2cccnc2c1. The molecule has 0 saturated carbocycles. The molecule has 3 rings (SSSR count). The molecule has 102 valence electrons. The highest BCUT2D eigenvalue weighted by molar-refractivity contribution is 5.89. The van der Waals surface area contributed by atoms with Gasteiger partial charge in [-0.15, -0.1) is 0 Å². The third-order valence-corrected chi connectivity index (χ3v) is 3.18. The molecule has 3 aromatic rings. The predicted octanol–water partition coefficient (Wildman–Crippen LogP) is 3.39. The summed E-state index contributed by atoms with van der Waals surface area (Å²) in [5, 5.41) is 9.83. The van der Waals surface area contributed by atoms with Gasteiger partial charge in [-0.05, 0) is 35.4 Å². The fourth-order valence-corrected chi connectivity index (χ4v) is 2.19. The molecule has 0 atom stereocenters. The molecular formula is C17H12N2O2. The van der Waals surface area contributed by atoms with Gasteiger partial charge in [0.05, 0.1) is 5.52 Å². The number of carboxylic acids is 1. The first-order chi connectivity index (χ1) is 10.2. The van der Waals surface area contributed by atoms with Crippen molar-refractivity contribution in [2.75, 3.05) is 0 Å². The van der Waals surface area contributed by atoms with Gasteiger partial charge in [0.1, 0.15) is 0 Å². The van der Waals surface area contributed by atoms with Crippen molar-refractivity contribution in [2.24, 2.45) is 0 Å². The summed E-state index contributed by atoms with van der Waals surface area (Å²) in [5.74, 6) is -0.974. The minimum absolute atomic E-state index is 0.808. The maximum atomic E-state index is 10.7. The number of benzene rings is 1. The first-order valence-corrected chi connectivity index (χ1v) is 6.44. The largest absolute Gasteiger partial charge is 0.478 e. The normalized spacial score (nSPS) is 11.0. The van der Waals surface area contributed by atoms with Crippen LogP contribution < -0.4 is 0 Å². The molecule has 0 fully saturated rings. The van der Waals surface area contributed by atoms with Gasteiger partial charge >= 0.3 is 5.97 Å². The van der Waals surface area contributed by atoms with Crippen LogP contribution in [-0.2, 0) is 4.79 Å². The summed E-state index contributed by atoms with van der Waals surface area (Å²) in [4.78, 5) is 19.1. The lowest BCUT2D eigenvalue weighted by molar-refractivity contribution is -0.131. The van der Waals surface area contributed by atoms with Crippen molar-refractivity contribution in [3.8, 4) is 11.1 Å². The lowest BCUT2D eigenvalue weighted by atomic mass is 10.0. The van der Waals surface area contributed by atoms with Crippen LogP contribution in [0.4, 0.5) is 0 Å². The van der Waals surface area contributed by atoms with Gasteiger partial charge in [-0.3, -0.25) is 9.97 Å². The second-order valence-electron chi connectivity index (χ2n) is 4.55. The Bertz CT molecular complexity index is 841. The quantitative estimate of drug-likeness (QED) is 0.745. The molecule has 0 saturated heterocycles. The van der Waals surface area contributed by atoms with E-state index in [0.717, 1.165) is 33.7 Å². The molecule has 2 aromatic heterocycles. The Morgan fingerprint density at radius 2 is 2.05 bits per heavy atom. The van der Waals surface area contributed by atoms with Crippen molar-refractivity contribution in [3.05, 3.63) is 66.6 Å². The first kappa shape index (κ1) is 13.0. The molecular weight excluding hydrogens is 264 g/mol. The van der Waals surface area contributed by atoms with Crippen molar-refractivity contribution >= 4 is 22.9 Å². The summed E-state index contributed by atoms with van der Waals surface area (Å²) in [5.41, 5.74) is 3.54. The van der Waals surface area contributed by atoms with E-state index >= 15 is 0 Å². The number of hydrogen-bond acceptors (Lipinski definition) is 3. The Balaban J connectivity index is 2.12. The average Bonchev–Trinajstić information content (AvgIpc) is 2.52. The summed E-state index contributed by atoms with van der Waals surface area (Å²) < 4.78 is 0. The summed E-state index contributed by atoms with van der Waals surface area (Å²) in [6.45, 7) is 0. The van der Waals surface area contributed by atoms with E-state index in [1.165, 1.54) is 0 Å². The van der Waals surface area contributed by atoms with Crippen LogP contribution in [0.5, 0.6) is 0 Å². The smallest absolute Gasteiger partial charge is 0.328 e. The highest BCUT2D eigenvalue weighted by Crippen LogP contribution is 2.26. The number of aliphatic carboxylic acids is 1. The molecule has 0 spiro atoms. The molecule has 4 heteroatoms. The van der Waals surface area contributed by atoms with Gasteiger partial charge < -0.3 is 5.11 Å². The molecule has 1 aromatic carbocycles. The highest BCUT2D eigenvalue weighted by Gasteiger charge is 2.05. The van der Waals surface area contributed by atoms with Crippen LogP contribution in [0, 0.1) is 0 Å². The number of pyridine rings is 2. The molecule has 0 radical (unpaired) electrons. The van der Waals surface area contributed by atoms with Crippen LogP contribution in [0.2, 0.25) is 0 Å². The Labute approximate surface area is 121 Å². The van der Waals surface area contributed by atoms with Gasteiger partial charge in [0.25, 0.3) is 0 Å². The molecule has 0 unspecified atom stereocenters. The van der Waals surface area contributed by atoms with Gasteiger partial charge in [0, 0.05) is 35.6 Å². The first-order valence-electron chi connectivity index (χ1n) is 6.44. The standard InChI is InChI=1S/C17H12N2O2/c20-17(21)6-5-12-7-9-18-11-15(12)14-4-3-13-2-1-8-19-16(13)10-14/h1-11H,(H,20,21). The fraction of sp³-hybridized carbons (Fsp3) is 0. The Hall–Kier alpha value is -3.01. The van der Waals surface area contributed by atoms with Gasteiger partial charge in [0.2, 0.25) is 0 Å². The van der Waals surface area contributed by atoms with E-state index in [-0.39, 0.29) is 0 Å². The topological polar surface area (TPSA) is 63.1 Å². The predicted molar refractivity (Wildman–Crippen MR) is 81.6 cm³/mol. The lowest BCUT2D eigenvalue weighted by Crippen LogP contribution is -1.89. The zero-order valence-corrected chi connectivity index (χ0v) is 11.1. The maximum Gasteiger partial charge on any atom is 0.328 e. The fourth-order valence-electron chi connectivity index (χ4n) is 2.19. The van der Waals surface area contributed by atoms with E-state index in [2.05, 4.69) is 9.97 Å².